The molecule has 0 radical (unpaired) electrons. The summed E-state index contributed by atoms with van der Waals surface area (Å²) in [5, 5.41) is 5.50. The van der Waals surface area contributed by atoms with E-state index < -0.39 is 5.91 Å². The van der Waals surface area contributed by atoms with Gasteiger partial charge < -0.3 is 20.0 Å². The molecule has 7 nitrogen and oxygen atoms in total. The van der Waals surface area contributed by atoms with Crippen molar-refractivity contribution in [3.63, 3.8) is 0 Å². The summed E-state index contributed by atoms with van der Waals surface area (Å²) in [5.41, 5.74) is 2.67. The predicted molar refractivity (Wildman–Crippen MR) is 114 cm³/mol. The fourth-order valence-electron chi connectivity index (χ4n) is 3.26. The number of aryl methyl sites for hydroxylation is 2. The lowest BCUT2D eigenvalue weighted by Crippen LogP contribution is -2.36. The molecule has 2 heterocycles. The standard InChI is InChI=1S/C23H27N3O4/c1-16-8-9-18(14-17(16)2)22(28)25-20(15-19-6-4-13-30-19)23(29)24-10-5-12-26-11-3-7-21(26)27/h4,6,8-9,13-15H,3,5,7,10-12H2,1-2H3,(H,24,29)(H,25,28). The van der Waals surface area contributed by atoms with Crippen molar-refractivity contribution in [2.24, 2.45) is 0 Å². The van der Waals surface area contributed by atoms with Crippen molar-refractivity contribution in [1.29, 1.82) is 0 Å². The molecule has 2 N–H and O–H groups in total. The van der Waals surface area contributed by atoms with Gasteiger partial charge in [0.05, 0.1) is 6.26 Å². The monoisotopic (exact) mass is 409 g/mol. The molecule has 0 spiro atoms. The van der Waals surface area contributed by atoms with Gasteiger partial charge in [-0.05, 0) is 62.1 Å². The minimum atomic E-state index is -0.406. The molecular weight excluding hydrogens is 382 g/mol. The molecule has 158 valence electrons. The molecule has 0 saturated carbocycles. The van der Waals surface area contributed by atoms with Crippen LogP contribution in [0.25, 0.3) is 6.08 Å². The van der Waals surface area contributed by atoms with Gasteiger partial charge >= 0.3 is 0 Å². The SMILES string of the molecule is Cc1ccc(C(=O)NC(=Cc2ccco2)C(=O)NCCCN2CCCC2=O)cc1C. The van der Waals surface area contributed by atoms with E-state index >= 15 is 0 Å². The quantitative estimate of drug-likeness (QED) is 0.518. The van der Waals surface area contributed by atoms with E-state index in [2.05, 4.69) is 10.6 Å². The summed E-state index contributed by atoms with van der Waals surface area (Å²) in [6.07, 6.45) is 5.15. The fraction of sp³-hybridized carbons (Fsp3) is 0.348. The van der Waals surface area contributed by atoms with Crippen molar-refractivity contribution in [2.75, 3.05) is 19.6 Å². The fourth-order valence-corrected chi connectivity index (χ4v) is 3.26. The van der Waals surface area contributed by atoms with E-state index in [1.54, 1.807) is 24.3 Å². The molecule has 1 aromatic carbocycles. The number of hydrogen-bond donors (Lipinski definition) is 2. The first kappa shape index (κ1) is 21.4. The largest absolute Gasteiger partial charge is 0.465 e. The number of amides is 3. The summed E-state index contributed by atoms with van der Waals surface area (Å²) >= 11 is 0. The van der Waals surface area contributed by atoms with Gasteiger partial charge in [0.1, 0.15) is 11.5 Å². The van der Waals surface area contributed by atoms with Crippen LogP contribution in [0.5, 0.6) is 0 Å². The highest BCUT2D eigenvalue weighted by Crippen LogP contribution is 2.12. The summed E-state index contributed by atoms with van der Waals surface area (Å²) in [7, 11) is 0. The summed E-state index contributed by atoms with van der Waals surface area (Å²) in [6, 6.07) is 8.81. The van der Waals surface area contributed by atoms with E-state index in [4.69, 9.17) is 4.42 Å². The third-order valence-electron chi connectivity index (χ3n) is 5.15. The molecule has 0 atom stereocenters. The summed E-state index contributed by atoms with van der Waals surface area (Å²) in [6.45, 7) is 5.71. The zero-order valence-corrected chi connectivity index (χ0v) is 17.4. The van der Waals surface area contributed by atoms with Gasteiger partial charge in [0.25, 0.3) is 11.8 Å². The molecule has 3 amide bonds. The van der Waals surface area contributed by atoms with Crippen LogP contribution in [0.1, 0.15) is 46.5 Å². The van der Waals surface area contributed by atoms with Gasteiger partial charge in [-0.2, -0.15) is 0 Å². The van der Waals surface area contributed by atoms with Gasteiger partial charge in [0, 0.05) is 37.7 Å². The van der Waals surface area contributed by atoms with Crippen LogP contribution < -0.4 is 10.6 Å². The number of nitrogens with zero attached hydrogens (tertiary/aromatic N) is 1. The number of carbonyl (C=O) groups is 3. The van der Waals surface area contributed by atoms with E-state index in [0.29, 0.717) is 37.3 Å². The number of furan rings is 1. The first-order chi connectivity index (χ1) is 14.4. The lowest BCUT2D eigenvalue weighted by atomic mass is 10.1. The molecule has 3 rings (SSSR count). The second kappa shape index (κ2) is 9.91. The topological polar surface area (TPSA) is 91.7 Å². The maximum Gasteiger partial charge on any atom is 0.267 e. The first-order valence-corrected chi connectivity index (χ1v) is 10.1. The Bertz CT molecular complexity index is 947. The molecule has 1 aromatic heterocycles. The van der Waals surface area contributed by atoms with Gasteiger partial charge in [-0.15, -0.1) is 0 Å². The Morgan fingerprint density at radius 3 is 2.70 bits per heavy atom. The predicted octanol–water partition coefficient (Wildman–Crippen LogP) is 2.80. The van der Waals surface area contributed by atoms with Crippen molar-refractivity contribution in [3.8, 4) is 0 Å². The van der Waals surface area contributed by atoms with Gasteiger partial charge in [0.2, 0.25) is 5.91 Å². The lowest BCUT2D eigenvalue weighted by Gasteiger charge is -2.16. The van der Waals surface area contributed by atoms with Crippen LogP contribution in [0.4, 0.5) is 0 Å². The number of carbonyl (C=O) groups excluding carboxylic acids is 3. The summed E-state index contributed by atoms with van der Waals surface area (Å²) in [5.74, 6) is -0.145. The second-order valence-electron chi connectivity index (χ2n) is 7.42. The van der Waals surface area contributed by atoms with Gasteiger partial charge in [-0.3, -0.25) is 14.4 Å². The van der Waals surface area contributed by atoms with Gasteiger partial charge in [-0.1, -0.05) is 6.07 Å². The number of nitrogens with one attached hydrogen (secondary N) is 2. The molecule has 0 bridgehead atoms. The average molecular weight is 409 g/mol. The van der Waals surface area contributed by atoms with Crippen LogP contribution in [-0.2, 0) is 9.59 Å². The molecule has 30 heavy (non-hydrogen) atoms. The minimum absolute atomic E-state index is 0.102. The summed E-state index contributed by atoms with van der Waals surface area (Å²) < 4.78 is 5.29. The molecule has 1 aliphatic heterocycles. The molecule has 1 fully saturated rings. The molecule has 2 aromatic rings. The first-order valence-electron chi connectivity index (χ1n) is 10.1. The zero-order valence-electron chi connectivity index (χ0n) is 17.4. The minimum Gasteiger partial charge on any atom is -0.465 e. The Hall–Kier alpha value is -3.35. The van der Waals surface area contributed by atoms with Crippen molar-refractivity contribution in [2.45, 2.75) is 33.1 Å². The highest BCUT2D eigenvalue weighted by Gasteiger charge is 2.20. The highest BCUT2D eigenvalue weighted by molar-refractivity contribution is 6.05. The van der Waals surface area contributed by atoms with Crippen LogP contribution in [0, 0.1) is 13.8 Å². The highest BCUT2D eigenvalue weighted by atomic mass is 16.3. The molecule has 0 aliphatic carbocycles. The van der Waals surface area contributed by atoms with Crippen LogP contribution >= 0.6 is 0 Å². The number of benzene rings is 1. The Labute approximate surface area is 176 Å². The Balaban J connectivity index is 1.63. The number of hydrogen-bond acceptors (Lipinski definition) is 4. The van der Waals surface area contributed by atoms with E-state index in [1.165, 1.54) is 12.3 Å². The van der Waals surface area contributed by atoms with E-state index in [0.717, 1.165) is 24.1 Å². The van der Waals surface area contributed by atoms with Crippen LogP contribution in [0.15, 0.2) is 46.7 Å². The lowest BCUT2D eigenvalue weighted by molar-refractivity contribution is -0.127. The normalized spacial score (nSPS) is 14.1. The molecular formula is C23H27N3O4. The van der Waals surface area contributed by atoms with Crippen molar-refractivity contribution < 1.29 is 18.8 Å². The molecule has 0 unspecified atom stereocenters. The van der Waals surface area contributed by atoms with Gasteiger partial charge in [-0.25, -0.2) is 0 Å². The van der Waals surface area contributed by atoms with Gasteiger partial charge in [0.15, 0.2) is 0 Å². The maximum absolute atomic E-state index is 12.7. The number of rotatable bonds is 8. The van der Waals surface area contributed by atoms with Crippen LogP contribution in [-0.4, -0.2) is 42.3 Å². The molecule has 1 saturated heterocycles. The summed E-state index contributed by atoms with van der Waals surface area (Å²) in [4.78, 5) is 38.9. The Kier molecular flexibility index (Phi) is 7.06. The third kappa shape index (κ3) is 5.59. The van der Waals surface area contributed by atoms with Crippen molar-refractivity contribution >= 4 is 23.8 Å². The smallest absolute Gasteiger partial charge is 0.267 e. The van der Waals surface area contributed by atoms with E-state index in [-0.39, 0.29) is 17.5 Å². The molecule has 1 aliphatic rings. The number of likely N-dealkylation sites (tertiary alicyclic amines) is 1. The maximum atomic E-state index is 12.7. The van der Waals surface area contributed by atoms with Crippen LogP contribution in [0.3, 0.4) is 0 Å². The Morgan fingerprint density at radius 1 is 1.20 bits per heavy atom. The Morgan fingerprint density at radius 2 is 2.03 bits per heavy atom. The third-order valence-corrected chi connectivity index (χ3v) is 5.15. The van der Waals surface area contributed by atoms with Crippen molar-refractivity contribution in [1.82, 2.24) is 15.5 Å². The van der Waals surface area contributed by atoms with E-state index in [1.807, 2.05) is 24.8 Å². The molecule has 7 heteroatoms. The van der Waals surface area contributed by atoms with E-state index in [9.17, 15) is 14.4 Å². The average Bonchev–Trinajstić information content (AvgIpc) is 3.38. The van der Waals surface area contributed by atoms with Crippen LogP contribution in [0.2, 0.25) is 0 Å². The van der Waals surface area contributed by atoms with Crippen molar-refractivity contribution in [3.05, 3.63) is 64.7 Å². The zero-order chi connectivity index (χ0) is 21.5. The second-order valence-corrected chi connectivity index (χ2v) is 7.42.